The number of pyridine rings is 1. The van der Waals surface area contributed by atoms with Crippen molar-refractivity contribution in [2.45, 2.75) is 19.9 Å². The number of hydrogen-bond donors (Lipinski definition) is 1. The van der Waals surface area contributed by atoms with Crippen molar-refractivity contribution < 1.29 is 0 Å². The van der Waals surface area contributed by atoms with Crippen LogP contribution in [0.5, 0.6) is 0 Å². The summed E-state index contributed by atoms with van der Waals surface area (Å²) in [5.41, 5.74) is -0.0595. The summed E-state index contributed by atoms with van der Waals surface area (Å²) in [4.78, 5) is 11.8. The Bertz CT molecular complexity index is 580. The molecule has 0 bridgehead atoms. The molecule has 0 radical (unpaired) electrons. The molecule has 2 aromatic heterocycles. The lowest BCUT2D eigenvalue weighted by Gasteiger charge is -2.02. The molecule has 0 aliphatic carbocycles. The van der Waals surface area contributed by atoms with Gasteiger partial charge in [-0.15, -0.1) is 10.2 Å². The maximum absolute atomic E-state index is 11.8. The van der Waals surface area contributed by atoms with Crippen LogP contribution in [0.1, 0.15) is 18.4 Å². The third-order valence-corrected chi connectivity index (χ3v) is 3.74. The molecule has 5 nitrogen and oxygen atoms in total. The fourth-order valence-corrected chi connectivity index (χ4v) is 2.54. The van der Waals surface area contributed by atoms with Crippen molar-refractivity contribution in [2.24, 2.45) is 0 Å². The van der Waals surface area contributed by atoms with E-state index in [2.05, 4.69) is 38.4 Å². The highest BCUT2D eigenvalue weighted by Gasteiger charge is 2.06. The zero-order chi connectivity index (χ0) is 13.0. The summed E-state index contributed by atoms with van der Waals surface area (Å²) in [6.45, 7) is 3.42. The van der Waals surface area contributed by atoms with Gasteiger partial charge in [0.15, 0.2) is 0 Å². The molecule has 0 spiro atoms. The number of nitrogens with zero attached hydrogens (tertiary/aromatic N) is 3. The zero-order valence-electron chi connectivity index (χ0n) is 9.89. The summed E-state index contributed by atoms with van der Waals surface area (Å²) in [6, 6.07) is 3.55. The highest BCUT2D eigenvalue weighted by molar-refractivity contribution is 9.10. The van der Waals surface area contributed by atoms with Crippen molar-refractivity contribution >= 4 is 32.4 Å². The summed E-state index contributed by atoms with van der Waals surface area (Å²) in [7, 11) is 0. The first-order chi connectivity index (χ1) is 8.70. The molecule has 0 unspecified atom stereocenters. The van der Waals surface area contributed by atoms with Crippen molar-refractivity contribution in [3.8, 4) is 0 Å². The molecule has 2 heterocycles. The third kappa shape index (κ3) is 3.17. The molecule has 0 aliphatic rings. The van der Waals surface area contributed by atoms with E-state index in [1.807, 2.05) is 6.07 Å². The first-order valence-corrected chi connectivity index (χ1v) is 7.23. The minimum Gasteiger partial charge on any atom is -0.360 e. The van der Waals surface area contributed by atoms with E-state index >= 15 is 0 Å². The van der Waals surface area contributed by atoms with Crippen LogP contribution < -0.4 is 10.9 Å². The normalized spacial score (nSPS) is 10.6. The van der Waals surface area contributed by atoms with E-state index in [0.29, 0.717) is 11.0 Å². The average molecular weight is 329 g/mol. The molecule has 18 heavy (non-hydrogen) atoms. The fraction of sp³-hybridized carbons (Fsp3) is 0.364. The summed E-state index contributed by atoms with van der Waals surface area (Å²) in [5.74, 6) is 0. The highest BCUT2D eigenvalue weighted by Crippen LogP contribution is 2.15. The zero-order valence-corrected chi connectivity index (χ0v) is 12.3. The molecule has 0 fully saturated rings. The fourth-order valence-electron chi connectivity index (χ4n) is 1.40. The predicted molar refractivity (Wildman–Crippen MR) is 76.2 cm³/mol. The Morgan fingerprint density at radius 2 is 2.33 bits per heavy atom. The van der Waals surface area contributed by atoms with Gasteiger partial charge in [-0.25, -0.2) is 0 Å². The number of nitrogens with one attached hydrogen (secondary N) is 1. The Morgan fingerprint density at radius 3 is 3.11 bits per heavy atom. The molecule has 2 rings (SSSR count). The van der Waals surface area contributed by atoms with Crippen LogP contribution >= 0.6 is 27.3 Å². The second-order valence-electron chi connectivity index (χ2n) is 3.72. The Hall–Kier alpha value is -1.21. The maximum Gasteiger partial charge on any atom is 0.265 e. The van der Waals surface area contributed by atoms with Gasteiger partial charge in [0.05, 0.1) is 11.0 Å². The molecule has 1 N–H and O–H groups in total. The lowest BCUT2D eigenvalue weighted by molar-refractivity contribution is 0.740. The molecular formula is C11H13BrN4OS. The van der Waals surface area contributed by atoms with E-state index < -0.39 is 0 Å². The van der Waals surface area contributed by atoms with Gasteiger partial charge in [-0.05, 0) is 34.5 Å². The largest absolute Gasteiger partial charge is 0.360 e. The first-order valence-electron chi connectivity index (χ1n) is 5.62. The SMILES string of the molecule is CCCNc1nnc(Cn2cccc(Br)c2=O)s1. The van der Waals surface area contributed by atoms with E-state index in [-0.39, 0.29) is 5.56 Å². The van der Waals surface area contributed by atoms with E-state index in [9.17, 15) is 4.79 Å². The van der Waals surface area contributed by atoms with Gasteiger partial charge >= 0.3 is 0 Å². The lowest BCUT2D eigenvalue weighted by atomic mass is 10.4. The van der Waals surface area contributed by atoms with Gasteiger partial charge in [-0.1, -0.05) is 18.3 Å². The van der Waals surface area contributed by atoms with E-state index in [1.165, 1.54) is 11.3 Å². The molecule has 0 aliphatic heterocycles. The predicted octanol–water partition coefficient (Wildman–Crippen LogP) is 2.33. The van der Waals surface area contributed by atoms with Crippen LogP contribution in [-0.2, 0) is 6.54 Å². The summed E-state index contributed by atoms with van der Waals surface area (Å²) in [6.07, 6.45) is 2.79. The molecule has 2 aromatic rings. The van der Waals surface area contributed by atoms with Gasteiger partial charge in [0.2, 0.25) is 5.13 Å². The summed E-state index contributed by atoms with van der Waals surface area (Å²) in [5, 5.41) is 12.9. The van der Waals surface area contributed by atoms with E-state index in [4.69, 9.17) is 0 Å². The summed E-state index contributed by atoms with van der Waals surface area (Å²) < 4.78 is 2.16. The van der Waals surface area contributed by atoms with Crippen molar-refractivity contribution in [3.05, 3.63) is 38.2 Å². The molecule has 0 amide bonds. The third-order valence-electron chi connectivity index (χ3n) is 2.27. The van der Waals surface area contributed by atoms with Gasteiger partial charge in [0.25, 0.3) is 5.56 Å². The topological polar surface area (TPSA) is 59.8 Å². The molecule has 96 valence electrons. The van der Waals surface area contributed by atoms with Crippen LogP contribution in [0, 0.1) is 0 Å². The van der Waals surface area contributed by atoms with Gasteiger partial charge in [-0.2, -0.15) is 0 Å². The first kappa shape index (κ1) is 13.2. The van der Waals surface area contributed by atoms with Gasteiger partial charge in [-0.3, -0.25) is 4.79 Å². The van der Waals surface area contributed by atoms with Gasteiger partial charge < -0.3 is 9.88 Å². The minimum absolute atomic E-state index is 0.0595. The number of hydrogen-bond acceptors (Lipinski definition) is 5. The maximum atomic E-state index is 11.8. The minimum atomic E-state index is -0.0595. The molecule has 0 saturated carbocycles. The Labute approximate surface area is 117 Å². The number of halogens is 1. The Kier molecular flexibility index (Phi) is 4.48. The smallest absolute Gasteiger partial charge is 0.265 e. The van der Waals surface area contributed by atoms with Gasteiger partial charge in [0, 0.05) is 12.7 Å². The second kappa shape index (κ2) is 6.10. The van der Waals surface area contributed by atoms with Crippen LogP contribution in [0.2, 0.25) is 0 Å². The monoisotopic (exact) mass is 328 g/mol. The van der Waals surface area contributed by atoms with Crippen LogP contribution in [0.4, 0.5) is 5.13 Å². The number of aromatic nitrogens is 3. The second-order valence-corrected chi connectivity index (χ2v) is 5.63. The molecular weight excluding hydrogens is 316 g/mol. The number of anilines is 1. The highest BCUT2D eigenvalue weighted by atomic mass is 79.9. The van der Waals surface area contributed by atoms with Crippen molar-refractivity contribution in [3.63, 3.8) is 0 Å². The molecule has 7 heteroatoms. The molecule has 0 aromatic carbocycles. The lowest BCUT2D eigenvalue weighted by Crippen LogP contribution is -2.20. The molecule has 0 saturated heterocycles. The van der Waals surface area contributed by atoms with E-state index in [0.717, 1.165) is 23.1 Å². The summed E-state index contributed by atoms with van der Waals surface area (Å²) >= 11 is 4.69. The number of rotatable bonds is 5. The van der Waals surface area contributed by atoms with Gasteiger partial charge in [0.1, 0.15) is 5.01 Å². The van der Waals surface area contributed by atoms with Crippen LogP contribution in [-0.4, -0.2) is 21.3 Å². The Morgan fingerprint density at radius 1 is 1.50 bits per heavy atom. The van der Waals surface area contributed by atoms with Crippen molar-refractivity contribution in [1.29, 1.82) is 0 Å². The standard InChI is InChI=1S/C11H13BrN4OS/c1-2-5-13-11-15-14-9(18-11)7-16-6-3-4-8(12)10(16)17/h3-4,6H,2,5,7H2,1H3,(H,13,15). The molecule has 0 atom stereocenters. The van der Waals surface area contributed by atoms with E-state index in [1.54, 1.807) is 16.8 Å². The quantitative estimate of drug-likeness (QED) is 0.915. The van der Waals surface area contributed by atoms with Crippen molar-refractivity contribution in [2.75, 3.05) is 11.9 Å². The van der Waals surface area contributed by atoms with Crippen LogP contribution in [0.15, 0.2) is 27.6 Å². The van der Waals surface area contributed by atoms with Crippen molar-refractivity contribution in [1.82, 2.24) is 14.8 Å². The van der Waals surface area contributed by atoms with Crippen LogP contribution in [0.3, 0.4) is 0 Å². The Balaban J connectivity index is 2.11. The average Bonchev–Trinajstić information content (AvgIpc) is 2.80. The van der Waals surface area contributed by atoms with Crippen LogP contribution in [0.25, 0.3) is 0 Å².